The smallest absolute Gasteiger partial charge is 0.407 e. The Kier molecular flexibility index (Phi) is 4.67. The molecule has 1 aliphatic rings. The molecule has 2 atom stereocenters. The molecule has 138 valence electrons. The number of carbonyl (C=O) groups is 1. The van der Waals surface area contributed by atoms with Crippen LogP contribution >= 0.6 is 11.6 Å². The fraction of sp³-hybridized carbons (Fsp3) is 0.529. The number of piperidine rings is 1. The van der Waals surface area contributed by atoms with Crippen LogP contribution in [0, 0.1) is 16.7 Å². The number of rotatable bonds is 2. The summed E-state index contributed by atoms with van der Waals surface area (Å²) in [5, 5.41) is 23.0. The minimum absolute atomic E-state index is 0.0598. The number of carboxylic acid groups (broad SMARTS) is 1. The van der Waals surface area contributed by atoms with Gasteiger partial charge in [0.1, 0.15) is 17.5 Å². The van der Waals surface area contributed by atoms with Crippen molar-refractivity contribution in [2.75, 3.05) is 11.9 Å². The van der Waals surface area contributed by atoms with E-state index in [-0.39, 0.29) is 22.8 Å². The van der Waals surface area contributed by atoms with Gasteiger partial charge in [-0.15, -0.1) is 0 Å². The lowest BCUT2D eigenvalue weighted by molar-refractivity contribution is 0.0519. The largest absolute Gasteiger partial charge is 0.465 e. The van der Waals surface area contributed by atoms with Crippen LogP contribution in [0.1, 0.15) is 39.2 Å². The van der Waals surface area contributed by atoms with Gasteiger partial charge in [-0.25, -0.2) is 4.79 Å². The molecule has 1 fully saturated rings. The number of hydrogen-bond acceptors (Lipinski definition) is 5. The zero-order chi connectivity index (χ0) is 19.1. The van der Waals surface area contributed by atoms with Gasteiger partial charge in [-0.2, -0.15) is 15.2 Å². The standard InChI is InChI=1S/C17H21ClN6O2/c1-17(2,3)12-10(5-4-6-24(12)16(25)26)21-14-11-9(7-19)8-20-13(11)22-15(18)23-14/h8,10,12H,4-6H2,1-3H3,(H,25,26)(H2,20,21,22,23). The van der Waals surface area contributed by atoms with Gasteiger partial charge < -0.3 is 20.3 Å². The van der Waals surface area contributed by atoms with Gasteiger partial charge in [-0.3, -0.25) is 0 Å². The fourth-order valence-electron chi connectivity index (χ4n) is 3.81. The zero-order valence-electron chi connectivity index (χ0n) is 14.9. The van der Waals surface area contributed by atoms with Crippen molar-refractivity contribution in [3.63, 3.8) is 0 Å². The van der Waals surface area contributed by atoms with Crippen molar-refractivity contribution in [3.05, 3.63) is 17.0 Å². The van der Waals surface area contributed by atoms with E-state index < -0.39 is 6.09 Å². The Morgan fingerprint density at radius 1 is 1.50 bits per heavy atom. The molecule has 0 bridgehead atoms. The van der Waals surface area contributed by atoms with E-state index in [1.807, 2.05) is 20.8 Å². The van der Waals surface area contributed by atoms with Crippen molar-refractivity contribution in [1.29, 1.82) is 5.26 Å². The third-order valence-corrected chi connectivity index (χ3v) is 4.88. The number of fused-ring (bicyclic) bond motifs is 1. The molecule has 1 aliphatic heterocycles. The van der Waals surface area contributed by atoms with Gasteiger partial charge in [0.25, 0.3) is 0 Å². The van der Waals surface area contributed by atoms with Crippen LogP contribution in [0.3, 0.4) is 0 Å². The van der Waals surface area contributed by atoms with Crippen molar-refractivity contribution < 1.29 is 9.90 Å². The van der Waals surface area contributed by atoms with Crippen LogP contribution in [0.5, 0.6) is 0 Å². The summed E-state index contributed by atoms with van der Waals surface area (Å²) in [7, 11) is 0. The molecule has 8 nitrogen and oxygen atoms in total. The Hall–Kier alpha value is -2.53. The van der Waals surface area contributed by atoms with E-state index in [1.54, 1.807) is 6.20 Å². The maximum atomic E-state index is 11.7. The fourth-order valence-corrected chi connectivity index (χ4v) is 3.98. The number of likely N-dealkylation sites (tertiary alicyclic amines) is 1. The highest BCUT2D eigenvalue weighted by molar-refractivity contribution is 6.28. The average molecular weight is 377 g/mol. The summed E-state index contributed by atoms with van der Waals surface area (Å²) in [6, 6.07) is 1.71. The van der Waals surface area contributed by atoms with Crippen LogP contribution < -0.4 is 5.32 Å². The molecule has 0 spiro atoms. The molecule has 3 heterocycles. The topological polar surface area (TPSA) is 118 Å². The molecule has 2 unspecified atom stereocenters. The lowest BCUT2D eigenvalue weighted by Crippen LogP contribution is -2.58. The van der Waals surface area contributed by atoms with Gasteiger partial charge in [0.2, 0.25) is 5.28 Å². The molecule has 9 heteroatoms. The lowest BCUT2D eigenvalue weighted by Gasteiger charge is -2.47. The number of aromatic nitrogens is 3. The van der Waals surface area contributed by atoms with Gasteiger partial charge in [-0.05, 0) is 29.9 Å². The number of aromatic amines is 1. The van der Waals surface area contributed by atoms with Crippen LogP contribution in [0.15, 0.2) is 6.20 Å². The molecule has 0 aromatic carbocycles. The Bertz CT molecular complexity index is 882. The summed E-state index contributed by atoms with van der Waals surface area (Å²) < 4.78 is 0. The van der Waals surface area contributed by atoms with Crippen LogP contribution in [-0.4, -0.2) is 49.7 Å². The Morgan fingerprint density at radius 2 is 2.23 bits per heavy atom. The van der Waals surface area contributed by atoms with Gasteiger partial charge in [0.05, 0.1) is 17.0 Å². The number of H-pyrrole nitrogens is 1. The number of nitrogens with one attached hydrogen (secondary N) is 2. The van der Waals surface area contributed by atoms with Crippen LogP contribution in [-0.2, 0) is 0 Å². The first kappa shape index (κ1) is 18.3. The lowest BCUT2D eigenvalue weighted by atomic mass is 9.77. The molecule has 0 radical (unpaired) electrons. The summed E-state index contributed by atoms with van der Waals surface area (Å²) >= 11 is 6.03. The predicted molar refractivity (Wildman–Crippen MR) is 98.2 cm³/mol. The number of hydrogen-bond donors (Lipinski definition) is 3. The second-order valence-corrected chi connectivity index (χ2v) is 7.90. The number of nitriles is 1. The van der Waals surface area contributed by atoms with Crippen LogP contribution in [0.25, 0.3) is 11.0 Å². The van der Waals surface area contributed by atoms with Crippen molar-refractivity contribution >= 4 is 34.5 Å². The van der Waals surface area contributed by atoms with E-state index in [4.69, 9.17) is 11.6 Å². The van der Waals surface area contributed by atoms with Crippen molar-refractivity contribution in [3.8, 4) is 6.07 Å². The minimum Gasteiger partial charge on any atom is -0.465 e. The molecule has 26 heavy (non-hydrogen) atoms. The van der Waals surface area contributed by atoms with Gasteiger partial charge in [-0.1, -0.05) is 20.8 Å². The summed E-state index contributed by atoms with van der Waals surface area (Å²) in [6.07, 6.45) is 2.17. The number of anilines is 1. The van der Waals surface area contributed by atoms with Crippen molar-refractivity contribution in [1.82, 2.24) is 19.9 Å². The Balaban J connectivity index is 2.04. The van der Waals surface area contributed by atoms with Crippen molar-refractivity contribution in [2.45, 2.75) is 45.7 Å². The monoisotopic (exact) mass is 376 g/mol. The highest BCUT2D eigenvalue weighted by Crippen LogP contribution is 2.35. The summed E-state index contributed by atoms with van der Waals surface area (Å²) in [6.45, 7) is 6.57. The number of nitrogens with zero attached hydrogens (tertiary/aromatic N) is 4. The Morgan fingerprint density at radius 3 is 2.85 bits per heavy atom. The Labute approximate surface area is 156 Å². The molecule has 3 rings (SSSR count). The van der Waals surface area contributed by atoms with E-state index in [2.05, 4.69) is 26.3 Å². The third-order valence-electron chi connectivity index (χ3n) is 4.71. The normalized spacial score (nSPS) is 20.8. The first-order valence-electron chi connectivity index (χ1n) is 8.43. The SMILES string of the molecule is CC(C)(C)C1C(Nc2nc(Cl)nc3[nH]cc(C#N)c23)CCCN1C(=O)O. The van der Waals surface area contributed by atoms with E-state index in [9.17, 15) is 15.2 Å². The summed E-state index contributed by atoms with van der Waals surface area (Å²) in [4.78, 5) is 24.5. The first-order chi connectivity index (χ1) is 12.2. The highest BCUT2D eigenvalue weighted by Gasteiger charge is 2.42. The van der Waals surface area contributed by atoms with E-state index in [0.29, 0.717) is 29.0 Å². The molecule has 3 N–H and O–H groups in total. The zero-order valence-corrected chi connectivity index (χ0v) is 15.6. The second kappa shape index (κ2) is 6.65. The molecule has 1 saturated heterocycles. The van der Waals surface area contributed by atoms with E-state index in [0.717, 1.165) is 12.8 Å². The number of amides is 1. The summed E-state index contributed by atoms with van der Waals surface area (Å²) in [5.41, 5.74) is 0.613. The quantitative estimate of drug-likeness (QED) is 0.691. The van der Waals surface area contributed by atoms with E-state index >= 15 is 0 Å². The molecule has 0 aliphatic carbocycles. The predicted octanol–water partition coefficient (Wildman–Crippen LogP) is 3.45. The van der Waals surface area contributed by atoms with Gasteiger partial charge >= 0.3 is 6.09 Å². The molecule has 2 aromatic rings. The molecule has 2 aromatic heterocycles. The second-order valence-electron chi connectivity index (χ2n) is 7.56. The molecular formula is C17H21ClN6O2. The third kappa shape index (κ3) is 3.27. The maximum absolute atomic E-state index is 11.7. The van der Waals surface area contributed by atoms with Gasteiger partial charge in [0.15, 0.2) is 0 Å². The minimum atomic E-state index is -0.929. The van der Waals surface area contributed by atoms with Gasteiger partial charge in [0, 0.05) is 18.8 Å². The maximum Gasteiger partial charge on any atom is 0.407 e. The molecule has 0 saturated carbocycles. The average Bonchev–Trinajstić information content (AvgIpc) is 2.96. The van der Waals surface area contributed by atoms with Crippen LogP contribution in [0.4, 0.5) is 10.6 Å². The highest BCUT2D eigenvalue weighted by atomic mass is 35.5. The summed E-state index contributed by atoms with van der Waals surface area (Å²) in [5.74, 6) is 0.448. The van der Waals surface area contributed by atoms with Crippen molar-refractivity contribution in [2.24, 2.45) is 5.41 Å². The molecular weight excluding hydrogens is 356 g/mol. The number of halogens is 1. The first-order valence-corrected chi connectivity index (χ1v) is 8.81. The van der Waals surface area contributed by atoms with E-state index in [1.165, 1.54) is 4.90 Å². The van der Waals surface area contributed by atoms with Crippen LogP contribution in [0.2, 0.25) is 5.28 Å². The molecule has 1 amide bonds.